The number of nitrogens with zero attached hydrogens (tertiary/aromatic N) is 1. The number of aliphatic hydroxyl groups excluding tert-OH is 2. The van der Waals surface area contributed by atoms with Crippen molar-refractivity contribution in [2.75, 3.05) is 33.8 Å². The zero-order valence-corrected chi connectivity index (χ0v) is 8.16. The van der Waals surface area contributed by atoms with Gasteiger partial charge in [0.1, 0.15) is 0 Å². The average Bonchev–Trinajstić information content (AvgIpc) is 2.03. The normalized spacial score (nSPS) is 13.0. The molecule has 5 nitrogen and oxygen atoms in total. The number of carbonyl (C=O) groups is 1. The molecule has 0 radical (unpaired) electrons. The van der Waals surface area contributed by atoms with Crippen molar-refractivity contribution in [3.63, 3.8) is 0 Å². The van der Waals surface area contributed by atoms with Crippen molar-refractivity contribution in [3.8, 4) is 0 Å². The van der Waals surface area contributed by atoms with Gasteiger partial charge in [-0.25, -0.2) is 0 Å². The van der Waals surface area contributed by atoms with Crippen LogP contribution >= 0.6 is 0 Å². The van der Waals surface area contributed by atoms with Crippen LogP contribution in [-0.4, -0.2) is 60.9 Å². The molecule has 78 valence electrons. The topological polar surface area (TPSA) is 72.8 Å². The highest BCUT2D eigenvalue weighted by molar-refractivity contribution is 5.76. The molecule has 0 aromatic rings. The van der Waals surface area contributed by atoms with Crippen LogP contribution in [0.15, 0.2) is 0 Å². The Morgan fingerprint density at radius 1 is 1.54 bits per heavy atom. The van der Waals surface area contributed by atoms with Crippen molar-refractivity contribution in [1.82, 2.24) is 10.2 Å². The molecule has 0 fully saturated rings. The van der Waals surface area contributed by atoms with E-state index in [1.807, 2.05) is 19.0 Å². The summed E-state index contributed by atoms with van der Waals surface area (Å²) >= 11 is 0. The van der Waals surface area contributed by atoms with Gasteiger partial charge in [0.2, 0.25) is 5.91 Å². The molecule has 0 aliphatic heterocycles. The Morgan fingerprint density at radius 3 is 2.62 bits per heavy atom. The quantitative estimate of drug-likeness (QED) is 0.472. The maximum Gasteiger partial charge on any atom is 0.222 e. The van der Waals surface area contributed by atoms with E-state index in [2.05, 4.69) is 5.32 Å². The van der Waals surface area contributed by atoms with E-state index < -0.39 is 6.10 Å². The minimum Gasteiger partial charge on any atom is -0.394 e. The molecule has 5 heteroatoms. The molecule has 3 N–H and O–H groups in total. The van der Waals surface area contributed by atoms with Crippen LogP contribution in [0, 0.1) is 0 Å². The number of aliphatic hydroxyl groups is 2. The molecule has 13 heavy (non-hydrogen) atoms. The van der Waals surface area contributed by atoms with Crippen LogP contribution in [0.5, 0.6) is 0 Å². The maximum atomic E-state index is 11.0. The molecule has 1 amide bonds. The third-order valence-electron chi connectivity index (χ3n) is 1.51. The molecule has 0 aliphatic rings. The highest BCUT2D eigenvalue weighted by Gasteiger charge is 2.08. The highest BCUT2D eigenvalue weighted by atomic mass is 16.3. The zero-order valence-electron chi connectivity index (χ0n) is 8.16. The minimum absolute atomic E-state index is 0.0378. The Morgan fingerprint density at radius 2 is 2.15 bits per heavy atom. The zero-order chi connectivity index (χ0) is 10.3. The molecule has 0 unspecified atom stereocenters. The number of carbonyl (C=O) groups excluding carboxylic acids is 1. The summed E-state index contributed by atoms with van der Waals surface area (Å²) in [4.78, 5) is 12.9. The predicted octanol–water partition coefficient (Wildman–Crippen LogP) is -1.59. The van der Waals surface area contributed by atoms with E-state index in [-0.39, 0.29) is 18.9 Å². The Kier molecular flexibility index (Phi) is 6.48. The standard InChI is InChI=1S/C8H18N2O3/c1-10(2)4-3-9-8(13)5-7(12)6-11/h7,11-12H,3-6H2,1-2H3,(H,9,13)/t7-/m0/s1. The first-order valence-electron chi connectivity index (χ1n) is 4.26. The van der Waals surface area contributed by atoms with Crippen LogP contribution in [-0.2, 0) is 4.79 Å². The van der Waals surface area contributed by atoms with Crippen molar-refractivity contribution in [2.24, 2.45) is 0 Å². The Hall–Kier alpha value is -0.650. The summed E-state index contributed by atoms with van der Waals surface area (Å²) in [6.45, 7) is 0.950. The van der Waals surface area contributed by atoms with Gasteiger partial charge in [-0.05, 0) is 14.1 Å². The largest absolute Gasteiger partial charge is 0.394 e. The monoisotopic (exact) mass is 190 g/mol. The molecular formula is C8H18N2O3. The number of hydrogen-bond donors (Lipinski definition) is 3. The van der Waals surface area contributed by atoms with Crippen molar-refractivity contribution >= 4 is 5.91 Å². The number of rotatable bonds is 6. The van der Waals surface area contributed by atoms with Crippen molar-refractivity contribution < 1.29 is 15.0 Å². The summed E-state index contributed by atoms with van der Waals surface area (Å²) in [5.74, 6) is -0.233. The van der Waals surface area contributed by atoms with Crippen LogP contribution in [0.1, 0.15) is 6.42 Å². The molecule has 0 heterocycles. The molecular weight excluding hydrogens is 172 g/mol. The fraction of sp³-hybridized carbons (Fsp3) is 0.875. The second kappa shape index (κ2) is 6.82. The van der Waals surface area contributed by atoms with Gasteiger partial charge in [0.15, 0.2) is 0 Å². The molecule has 0 spiro atoms. The highest BCUT2D eigenvalue weighted by Crippen LogP contribution is 1.88. The number of likely N-dealkylation sites (N-methyl/N-ethyl adjacent to an activating group) is 1. The molecule has 0 bridgehead atoms. The van der Waals surface area contributed by atoms with Crippen LogP contribution in [0.25, 0.3) is 0 Å². The van der Waals surface area contributed by atoms with Gasteiger partial charge < -0.3 is 20.4 Å². The third-order valence-corrected chi connectivity index (χ3v) is 1.51. The molecule has 1 atom stereocenters. The van der Waals surface area contributed by atoms with Crippen LogP contribution < -0.4 is 5.32 Å². The summed E-state index contributed by atoms with van der Waals surface area (Å²) in [6, 6.07) is 0. The lowest BCUT2D eigenvalue weighted by Crippen LogP contribution is -2.33. The average molecular weight is 190 g/mol. The van der Waals surface area contributed by atoms with E-state index in [1.54, 1.807) is 0 Å². The molecule has 0 saturated carbocycles. The van der Waals surface area contributed by atoms with Gasteiger partial charge in [0.05, 0.1) is 19.1 Å². The van der Waals surface area contributed by atoms with Gasteiger partial charge in [-0.3, -0.25) is 4.79 Å². The lowest BCUT2D eigenvalue weighted by Gasteiger charge is -2.11. The summed E-state index contributed by atoms with van der Waals surface area (Å²) < 4.78 is 0. The first kappa shape index (κ1) is 12.3. The van der Waals surface area contributed by atoms with Gasteiger partial charge in [0.25, 0.3) is 0 Å². The summed E-state index contributed by atoms with van der Waals surface area (Å²) in [5.41, 5.74) is 0. The van der Waals surface area contributed by atoms with Gasteiger partial charge >= 0.3 is 0 Å². The molecule has 0 rings (SSSR count). The van der Waals surface area contributed by atoms with Crippen LogP contribution in [0.3, 0.4) is 0 Å². The SMILES string of the molecule is CN(C)CCNC(=O)C[C@H](O)CO. The smallest absolute Gasteiger partial charge is 0.222 e. The number of nitrogens with one attached hydrogen (secondary N) is 1. The Bertz CT molecular complexity index is 150. The van der Waals surface area contributed by atoms with E-state index in [0.29, 0.717) is 6.54 Å². The Balaban J connectivity index is 3.41. The van der Waals surface area contributed by atoms with E-state index in [4.69, 9.17) is 10.2 Å². The van der Waals surface area contributed by atoms with Crippen LogP contribution in [0.2, 0.25) is 0 Å². The molecule has 0 aromatic carbocycles. The predicted molar refractivity (Wildman–Crippen MR) is 49.3 cm³/mol. The fourth-order valence-corrected chi connectivity index (χ4v) is 0.770. The lowest BCUT2D eigenvalue weighted by molar-refractivity contribution is -0.123. The summed E-state index contributed by atoms with van der Waals surface area (Å²) in [7, 11) is 3.82. The minimum atomic E-state index is -0.945. The van der Waals surface area contributed by atoms with Crippen molar-refractivity contribution in [2.45, 2.75) is 12.5 Å². The lowest BCUT2D eigenvalue weighted by atomic mass is 10.2. The van der Waals surface area contributed by atoms with Crippen molar-refractivity contribution in [1.29, 1.82) is 0 Å². The first-order valence-corrected chi connectivity index (χ1v) is 4.26. The van der Waals surface area contributed by atoms with E-state index in [9.17, 15) is 4.79 Å². The number of amides is 1. The Labute approximate surface area is 78.4 Å². The first-order chi connectivity index (χ1) is 6.06. The summed E-state index contributed by atoms with van der Waals surface area (Å²) in [6.07, 6.45) is -0.983. The molecule has 0 aliphatic carbocycles. The molecule has 0 aromatic heterocycles. The van der Waals surface area contributed by atoms with E-state index >= 15 is 0 Å². The third kappa shape index (κ3) is 7.70. The summed E-state index contributed by atoms with van der Waals surface area (Å²) in [5, 5.41) is 20.0. The maximum absolute atomic E-state index is 11.0. The van der Waals surface area contributed by atoms with Gasteiger partial charge in [0, 0.05) is 13.1 Å². The second-order valence-corrected chi connectivity index (χ2v) is 3.19. The van der Waals surface area contributed by atoms with E-state index in [1.165, 1.54) is 0 Å². The van der Waals surface area contributed by atoms with Gasteiger partial charge in [-0.15, -0.1) is 0 Å². The van der Waals surface area contributed by atoms with Crippen LogP contribution in [0.4, 0.5) is 0 Å². The van der Waals surface area contributed by atoms with E-state index in [0.717, 1.165) is 6.54 Å². The number of hydrogen-bond acceptors (Lipinski definition) is 4. The van der Waals surface area contributed by atoms with Gasteiger partial charge in [-0.1, -0.05) is 0 Å². The molecule has 0 saturated heterocycles. The second-order valence-electron chi connectivity index (χ2n) is 3.19. The fourth-order valence-electron chi connectivity index (χ4n) is 0.770. The van der Waals surface area contributed by atoms with Gasteiger partial charge in [-0.2, -0.15) is 0 Å². The van der Waals surface area contributed by atoms with Crippen molar-refractivity contribution in [3.05, 3.63) is 0 Å².